The summed E-state index contributed by atoms with van der Waals surface area (Å²) in [5.74, 6) is -1.48. The number of esters is 1. The standard InChI is InChI=1S/C17H23N3O7S/c1-4-19(13-7-8-28(25,26)10-13)16(21)11(2)27-17(22)14-9-12(20(23)24)5-6-15(14)18-3/h5-6,9,11,13,18H,4,7-8,10H2,1-3H3/t11-,13-/m0/s1. The number of ether oxygens (including phenoxy) is 1. The van der Waals surface area contributed by atoms with Crippen molar-refractivity contribution in [3.05, 3.63) is 33.9 Å². The number of non-ortho nitro benzene ring substituents is 1. The third-order valence-corrected chi connectivity index (χ3v) is 6.36. The number of carbonyl (C=O) groups is 2. The highest BCUT2D eigenvalue weighted by Gasteiger charge is 2.36. The Kier molecular flexibility index (Phi) is 6.60. The fourth-order valence-corrected chi connectivity index (χ4v) is 4.89. The molecular formula is C17H23N3O7S. The Bertz CT molecular complexity index is 885. The van der Waals surface area contributed by atoms with Crippen LogP contribution in [-0.4, -0.2) is 67.4 Å². The summed E-state index contributed by atoms with van der Waals surface area (Å²) >= 11 is 0. The fourth-order valence-electron chi connectivity index (χ4n) is 3.16. The minimum absolute atomic E-state index is 0.0226. The minimum Gasteiger partial charge on any atom is -0.449 e. The molecule has 1 saturated heterocycles. The van der Waals surface area contributed by atoms with E-state index in [4.69, 9.17) is 4.74 Å². The number of carbonyl (C=O) groups excluding carboxylic acids is 2. The third-order valence-electron chi connectivity index (χ3n) is 4.61. The van der Waals surface area contributed by atoms with Crippen molar-refractivity contribution in [1.29, 1.82) is 0 Å². The first kappa shape index (κ1) is 21.6. The number of anilines is 1. The SMILES string of the molecule is CCN(C(=O)[C@H](C)OC(=O)c1cc([N+](=O)[O-])ccc1NC)[C@H]1CCS(=O)(=O)C1. The highest BCUT2D eigenvalue weighted by atomic mass is 32.2. The van der Waals surface area contributed by atoms with Gasteiger partial charge in [-0.2, -0.15) is 0 Å². The highest BCUT2D eigenvalue weighted by molar-refractivity contribution is 7.91. The molecule has 0 saturated carbocycles. The number of benzene rings is 1. The van der Waals surface area contributed by atoms with Crippen LogP contribution in [0.3, 0.4) is 0 Å². The average molecular weight is 413 g/mol. The van der Waals surface area contributed by atoms with Gasteiger partial charge in [0.25, 0.3) is 11.6 Å². The van der Waals surface area contributed by atoms with E-state index < -0.39 is 38.8 Å². The third kappa shape index (κ3) is 4.77. The van der Waals surface area contributed by atoms with Crippen LogP contribution in [0.25, 0.3) is 0 Å². The van der Waals surface area contributed by atoms with Crippen LogP contribution >= 0.6 is 0 Å². The molecule has 1 aromatic carbocycles. The summed E-state index contributed by atoms with van der Waals surface area (Å²) in [6, 6.07) is 3.25. The highest BCUT2D eigenvalue weighted by Crippen LogP contribution is 2.24. The molecule has 0 unspecified atom stereocenters. The van der Waals surface area contributed by atoms with Crippen molar-refractivity contribution in [3.8, 4) is 0 Å². The van der Waals surface area contributed by atoms with Crippen molar-refractivity contribution in [2.45, 2.75) is 32.4 Å². The molecule has 1 aliphatic rings. The van der Waals surface area contributed by atoms with E-state index in [2.05, 4.69) is 5.32 Å². The van der Waals surface area contributed by atoms with Gasteiger partial charge < -0.3 is 15.0 Å². The number of sulfone groups is 1. The molecule has 1 fully saturated rings. The van der Waals surface area contributed by atoms with E-state index in [1.165, 1.54) is 24.0 Å². The number of hydrogen-bond acceptors (Lipinski definition) is 8. The monoisotopic (exact) mass is 413 g/mol. The second-order valence-corrected chi connectivity index (χ2v) is 8.69. The van der Waals surface area contributed by atoms with Crippen LogP contribution in [0.4, 0.5) is 11.4 Å². The van der Waals surface area contributed by atoms with Crippen LogP contribution in [0.1, 0.15) is 30.6 Å². The number of nitro benzene ring substituents is 1. The predicted octanol–water partition coefficient (Wildman–Crippen LogP) is 1.22. The smallest absolute Gasteiger partial charge is 0.341 e. The van der Waals surface area contributed by atoms with E-state index in [-0.39, 0.29) is 29.3 Å². The second kappa shape index (κ2) is 8.55. The lowest BCUT2D eigenvalue weighted by molar-refractivity contribution is -0.384. The molecule has 1 aromatic rings. The molecule has 1 N–H and O–H groups in total. The topological polar surface area (TPSA) is 136 Å². The molecule has 2 atom stereocenters. The maximum atomic E-state index is 12.7. The first-order valence-corrected chi connectivity index (χ1v) is 10.6. The summed E-state index contributed by atoms with van der Waals surface area (Å²) in [5.41, 5.74) is -0.0244. The molecule has 1 aliphatic heterocycles. The lowest BCUT2D eigenvalue weighted by Crippen LogP contribution is -2.46. The zero-order valence-electron chi connectivity index (χ0n) is 15.9. The van der Waals surface area contributed by atoms with Crippen LogP contribution in [-0.2, 0) is 19.4 Å². The van der Waals surface area contributed by atoms with Crippen molar-refractivity contribution in [2.75, 3.05) is 30.4 Å². The maximum Gasteiger partial charge on any atom is 0.341 e. The van der Waals surface area contributed by atoms with Gasteiger partial charge in [-0.15, -0.1) is 0 Å². The van der Waals surface area contributed by atoms with Gasteiger partial charge in [-0.05, 0) is 26.3 Å². The Balaban J connectivity index is 2.16. The number of nitrogens with zero attached hydrogens (tertiary/aromatic N) is 2. The van der Waals surface area contributed by atoms with Crippen LogP contribution in [0, 0.1) is 10.1 Å². The number of hydrogen-bond donors (Lipinski definition) is 1. The fraction of sp³-hybridized carbons (Fsp3) is 0.529. The molecule has 1 heterocycles. The van der Waals surface area contributed by atoms with Crippen molar-refractivity contribution in [3.63, 3.8) is 0 Å². The van der Waals surface area contributed by atoms with Crippen LogP contribution in [0.5, 0.6) is 0 Å². The van der Waals surface area contributed by atoms with Crippen molar-refractivity contribution >= 4 is 33.1 Å². The van der Waals surface area contributed by atoms with E-state index in [1.807, 2.05) is 0 Å². The normalized spacial score (nSPS) is 18.9. The average Bonchev–Trinajstić information content (AvgIpc) is 3.00. The van der Waals surface area contributed by atoms with E-state index in [1.54, 1.807) is 14.0 Å². The molecule has 2 rings (SSSR count). The summed E-state index contributed by atoms with van der Waals surface area (Å²) in [7, 11) is -1.62. The van der Waals surface area contributed by atoms with Crippen LogP contribution in [0.2, 0.25) is 0 Å². The van der Waals surface area contributed by atoms with Gasteiger partial charge in [0.15, 0.2) is 15.9 Å². The van der Waals surface area contributed by atoms with Gasteiger partial charge in [-0.3, -0.25) is 14.9 Å². The van der Waals surface area contributed by atoms with E-state index in [9.17, 15) is 28.1 Å². The predicted molar refractivity (Wildman–Crippen MR) is 102 cm³/mol. The molecule has 11 heteroatoms. The first-order chi connectivity index (χ1) is 13.1. The van der Waals surface area contributed by atoms with Crippen molar-refractivity contribution in [1.82, 2.24) is 4.90 Å². The van der Waals surface area contributed by atoms with E-state index >= 15 is 0 Å². The van der Waals surface area contributed by atoms with E-state index in [0.29, 0.717) is 12.1 Å². The number of rotatable bonds is 7. The number of nitrogens with one attached hydrogen (secondary N) is 1. The lowest BCUT2D eigenvalue weighted by Gasteiger charge is -2.29. The van der Waals surface area contributed by atoms with Crippen LogP contribution < -0.4 is 5.32 Å². The summed E-state index contributed by atoms with van der Waals surface area (Å²) in [4.78, 5) is 36.9. The Morgan fingerprint density at radius 1 is 1.43 bits per heavy atom. The van der Waals surface area contributed by atoms with Gasteiger partial charge in [0, 0.05) is 37.5 Å². The van der Waals surface area contributed by atoms with Crippen LogP contribution in [0.15, 0.2) is 18.2 Å². The molecule has 154 valence electrons. The zero-order valence-corrected chi connectivity index (χ0v) is 16.7. The van der Waals surface area contributed by atoms with E-state index in [0.717, 1.165) is 6.07 Å². The second-order valence-electron chi connectivity index (χ2n) is 6.47. The quantitative estimate of drug-likeness (QED) is 0.400. The van der Waals surface area contributed by atoms with Gasteiger partial charge in [-0.25, -0.2) is 13.2 Å². The number of likely N-dealkylation sites (N-methyl/N-ethyl adjacent to an activating group) is 1. The van der Waals surface area contributed by atoms with Gasteiger partial charge in [0.05, 0.1) is 22.0 Å². The zero-order chi connectivity index (χ0) is 21.1. The van der Waals surface area contributed by atoms with Gasteiger partial charge in [0.1, 0.15) is 0 Å². The Morgan fingerprint density at radius 2 is 2.11 bits per heavy atom. The molecule has 1 amide bonds. The van der Waals surface area contributed by atoms with Gasteiger partial charge in [-0.1, -0.05) is 0 Å². The molecule has 0 aromatic heterocycles. The Morgan fingerprint density at radius 3 is 2.61 bits per heavy atom. The number of nitro groups is 1. The number of amides is 1. The maximum absolute atomic E-state index is 12.7. The van der Waals surface area contributed by atoms with Gasteiger partial charge >= 0.3 is 5.97 Å². The summed E-state index contributed by atoms with van der Waals surface area (Å²) < 4.78 is 28.6. The first-order valence-electron chi connectivity index (χ1n) is 8.77. The summed E-state index contributed by atoms with van der Waals surface area (Å²) in [6.07, 6.45) is -0.822. The molecule has 0 radical (unpaired) electrons. The largest absolute Gasteiger partial charge is 0.449 e. The van der Waals surface area contributed by atoms with Crippen molar-refractivity contribution < 1.29 is 27.7 Å². The van der Waals surface area contributed by atoms with Gasteiger partial charge in [0.2, 0.25) is 0 Å². The molecule has 0 bridgehead atoms. The molecule has 10 nitrogen and oxygen atoms in total. The van der Waals surface area contributed by atoms with Crippen molar-refractivity contribution in [2.24, 2.45) is 0 Å². The molecule has 0 spiro atoms. The molecule has 0 aliphatic carbocycles. The minimum atomic E-state index is -3.17. The molecule has 28 heavy (non-hydrogen) atoms. The summed E-state index contributed by atoms with van der Waals surface area (Å²) in [5, 5.41) is 13.7. The molecular weight excluding hydrogens is 390 g/mol. The Labute approximate surface area is 162 Å². The Hall–Kier alpha value is -2.69. The lowest BCUT2D eigenvalue weighted by atomic mass is 10.1. The summed E-state index contributed by atoms with van der Waals surface area (Å²) in [6.45, 7) is 3.39.